The van der Waals surface area contributed by atoms with Crippen LogP contribution in [-0.4, -0.2) is 23.9 Å². The van der Waals surface area contributed by atoms with Crippen LogP contribution in [0.4, 0.5) is 5.69 Å². The van der Waals surface area contributed by atoms with Crippen molar-refractivity contribution in [1.29, 1.82) is 0 Å². The van der Waals surface area contributed by atoms with Crippen LogP contribution in [-0.2, 0) is 0 Å². The van der Waals surface area contributed by atoms with Gasteiger partial charge in [0.25, 0.3) is 5.91 Å². The van der Waals surface area contributed by atoms with Gasteiger partial charge in [-0.3, -0.25) is 10.6 Å². The summed E-state index contributed by atoms with van der Waals surface area (Å²) in [6, 6.07) is 5.69. The van der Waals surface area contributed by atoms with Gasteiger partial charge in [0.1, 0.15) is 0 Å². The van der Waals surface area contributed by atoms with Gasteiger partial charge in [0.15, 0.2) is 0 Å². The maximum absolute atomic E-state index is 12.8. The first kappa shape index (κ1) is 16.5. The maximum Gasteiger partial charge on any atom is 0.256 e. The zero-order valence-corrected chi connectivity index (χ0v) is 13.2. The summed E-state index contributed by atoms with van der Waals surface area (Å²) < 4.78 is 0. The molecule has 0 bridgehead atoms. The number of nitrogens with two attached hydrogens (primary N) is 1. The molecule has 0 aliphatic carbocycles. The highest BCUT2D eigenvalue weighted by Crippen LogP contribution is 2.19. The van der Waals surface area contributed by atoms with E-state index in [1.165, 1.54) is 0 Å². The van der Waals surface area contributed by atoms with Gasteiger partial charge in [0, 0.05) is 13.1 Å². The van der Waals surface area contributed by atoms with E-state index < -0.39 is 0 Å². The van der Waals surface area contributed by atoms with Crippen LogP contribution in [0.1, 0.15) is 43.6 Å². The number of hydrogen-bond acceptors (Lipinski definition) is 3. The number of hydrogen-bond donors (Lipinski definition) is 2. The van der Waals surface area contributed by atoms with Gasteiger partial charge >= 0.3 is 0 Å². The van der Waals surface area contributed by atoms with E-state index in [9.17, 15) is 4.79 Å². The van der Waals surface area contributed by atoms with Gasteiger partial charge in [-0.05, 0) is 30.9 Å². The number of anilines is 1. The van der Waals surface area contributed by atoms with Crippen molar-refractivity contribution in [2.75, 3.05) is 18.5 Å². The second kappa shape index (κ2) is 7.29. The first-order valence-electron chi connectivity index (χ1n) is 7.21. The van der Waals surface area contributed by atoms with Crippen LogP contribution in [0.5, 0.6) is 0 Å². The number of amides is 1. The molecule has 0 spiro atoms. The Bertz CT molecular complexity index is 445. The lowest BCUT2D eigenvalue weighted by molar-refractivity contribution is 0.0716. The van der Waals surface area contributed by atoms with Crippen molar-refractivity contribution in [2.24, 2.45) is 17.7 Å². The maximum atomic E-state index is 12.8. The normalized spacial score (nSPS) is 11.0. The van der Waals surface area contributed by atoms with Crippen molar-refractivity contribution >= 4 is 11.6 Å². The van der Waals surface area contributed by atoms with Crippen molar-refractivity contribution in [3.05, 3.63) is 29.3 Å². The van der Waals surface area contributed by atoms with Crippen molar-refractivity contribution in [2.45, 2.75) is 34.6 Å². The number of rotatable bonds is 6. The van der Waals surface area contributed by atoms with Crippen molar-refractivity contribution in [3.63, 3.8) is 0 Å². The minimum absolute atomic E-state index is 0.0454. The fourth-order valence-electron chi connectivity index (χ4n) is 2.25. The predicted octanol–water partition coefficient (Wildman–Crippen LogP) is 3.03. The Balaban J connectivity index is 3.07. The molecule has 0 aliphatic heterocycles. The van der Waals surface area contributed by atoms with Crippen LogP contribution < -0.4 is 11.3 Å². The predicted molar refractivity (Wildman–Crippen MR) is 84.6 cm³/mol. The molecule has 1 aromatic carbocycles. The standard InChI is InChI=1S/C16H27N3O/c1-11(2)9-19(10-12(3)4)16(20)14-8-13(5)6-7-15(14)18-17/h6-8,11-12,18H,9-10,17H2,1-5H3. The molecule has 0 saturated heterocycles. The van der Waals surface area contributed by atoms with Crippen molar-refractivity contribution in [1.82, 2.24) is 4.90 Å². The van der Waals surface area contributed by atoms with E-state index >= 15 is 0 Å². The smallest absolute Gasteiger partial charge is 0.256 e. The Labute approximate surface area is 122 Å². The number of nitrogens with one attached hydrogen (secondary N) is 1. The SMILES string of the molecule is Cc1ccc(NN)c(C(=O)N(CC(C)C)CC(C)C)c1. The largest absolute Gasteiger partial charge is 0.338 e. The molecule has 20 heavy (non-hydrogen) atoms. The molecule has 3 N–H and O–H groups in total. The van der Waals surface area contributed by atoms with Gasteiger partial charge < -0.3 is 10.3 Å². The molecule has 0 fully saturated rings. The van der Waals surface area contributed by atoms with Crippen LogP contribution in [0.3, 0.4) is 0 Å². The molecule has 112 valence electrons. The zero-order valence-electron chi connectivity index (χ0n) is 13.2. The molecule has 0 atom stereocenters. The highest BCUT2D eigenvalue weighted by molar-refractivity contribution is 5.99. The van der Waals surface area contributed by atoms with Crippen LogP contribution in [0.15, 0.2) is 18.2 Å². The molecule has 0 unspecified atom stereocenters. The first-order valence-corrected chi connectivity index (χ1v) is 7.21. The molecule has 0 heterocycles. The Morgan fingerprint density at radius 1 is 1.20 bits per heavy atom. The third-order valence-electron chi connectivity index (χ3n) is 3.02. The lowest BCUT2D eigenvalue weighted by atomic mass is 10.1. The van der Waals surface area contributed by atoms with Crippen molar-refractivity contribution < 1.29 is 4.79 Å². The molecule has 0 aliphatic rings. The number of nitrogens with zero attached hydrogens (tertiary/aromatic N) is 1. The van der Waals surface area contributed by atoms with Gasteiger partial charge in [0.2, 0.25) is 0 Å². The minimum Gasteiger partial charge on any atom is -0.338 e. The van der Waals surface area contributed by atoms with Crippen molar-refractivity contribution in [3.8, 4) is 0 Å². The van der Waals surface area contributed by atoms with Crippen LogP contribution in [0.2, 0.25) is 0 Å². The van der Waals surface area contributed by atoms with E-state index in [2.05, 4.69) is 33.1 Å². The lowest BCUT2D eigenvalue weighted by Crippen LogP contribution is -2.37. The van der Waals surface area contributed by atoms with Gasteiger partial charge in [-0.2, -0.15) is 0 Å². The van der Waals surface area contributed by atoms with E-state index in [-0.39, 0.29) is 5.91 Å². The average Bonchev–Trinajstić information content (AvgIpc) is 2.36. The van der Waals surface area contributed by atoms with E-state index in [4.69, 9.17) is 5.84 Å². The number of carbonyl (C=O) groups excluding carboxylic acids is 1. The quantitative estimate of drug-likeness (QED) is 0.620. The Kier molecular flexibility index (Phi) is 6.02. The van der Waals surface area contributed by atoms with Crippen LogP contribution >= 0.6 is 0 Å². The second-order valence-corrected chi connectivity index (χ2v) is 6.19. The topological polar surface area (TPSA) is 58.4 Å². The van der Waals surface area contributed by atoms with E-state index in [1.807, 2.05) is 30.0 Å². The summed E-state index contributed by atoms with van der Waals surface area (Å²) in [5.41, 5.74) is 5.00. The van der Waals surface area contributed by atoms with Crippen LogP contribution in [0.25, 0.3) is 0 Å². The fourth-order valence-corrected chi connectivity index (χ4v) is 2.25. The van der Waals surface area contributed by atoms with Gasteiger partial charge in [-0.15, -0.1) is 0 Å². The number of hydrazine groups is 1. The fraction of sp³-hybridized carbons (Fsp3) is 0.562. The Morgan fingerprint density at radius 3 is 2.20 bits per heavy atom. The number of carbonyl (C=O) groups is 1. The summed E-state index contributed by atoms with van der Waals surface area (Å²) in [6.45, 7) is 12.0. The molecule has 0 radical (unpaired) electrons. The molecular formula is C16H27N3O. The third-order valence-corrected chi connectivity index (χ3v) is 3.02. The summed E-state index contributed by atoms with van der Waals surface area (Å²) in [6.07, 6.45) is 0. The molecule has 1 rings (SSSR count). The molecular weight excluding hydrogens is 250 g/mol. The molecule has 1 amide bonds. The lowest BCUT2D eigenvalue weighted by Gasteiger charge is -2.27. The molecule has 4 nitrogen and oxygen atoms in total. The van der Waals surface area contributed by atoms with E-state index in [0.717, 1.165) is 18.7 Å². The van der Waals surface area contributed by atoms with E-state index in [0.29, 0.717) is 23.1 Å². The summed E-state index contributed by atoms with van der Waals surface area (Å²) in [4.78, 5) is 14.7. The number of nitrogen functional groups attached to an aromatic ring is 1. The second-order valence-electron chi connectivity index (χ2n) is 6.19. The molecule has 0 saturated carbocycles. The van der Waals surface area contributed by atoms with Gasteiger partial charge in [-0.1, -0.05) is 39.3 Å². The molecule has 4 heteroatoms. The third kappa shape index (κ3) is 4.53. The Morgan fingerprint density at radius 2 is 1.75 bits per heavy atom. The molecule has 1 aromatic rings. The zero-order chi connectivity index (χ0) is 15.3. The monoisotopic (exact) mass is 277 g/mol. The van der Waals surface area contributed by atoms with Crippen LogP contribution in [0, 0.1) is 18.8 Å². The Hall–Kier alpha value is -1.55. The van der Waals surface area contributed by atoms with Gasteiger partial charge in [0.05, 0.1) is 11.3 Å². The van der Waals surface area contributed by atoms with Gasteiger partial charge in [-0.25, -0.2) is 0 Å². The number of benzene rings is 1. The summed E-state index contributed by atoms with van der Waals surface area (Å²) >= 11 is 0. The van der Waals surface area contributed by atoms with E-state index in [1.54, 1.807) is 0 Å². The highest BCUT2D eigenvalue weighted by Gasteiger charge is 2.20. The summed E-state index contributed by atoms with van der Waals surface area (Å²) in [5.74, 6) is 6.45. The highest BCUT2D eigenvalue weighted by atomic mass is 16.2. The number of aryl methyl sites for hydroxylation is 1. The first-order chi connectivity index (χ1) is 9.35. The average molecular weight is 277 g/mol. The minimum atomic E-state index is 0.0454. The summed E-state index contributed by atoms with van der Waals surface area (Å²) in [5, 5.41) is 0. The summed E-state index contributed by atoms with van der Waals surface area (Å²) in [7, 11) is 0. The molecule has 0 aromatic heterocycles.